The number of hydrogen-bond acceptors (Lipinski definition) is 5. The van der Waals surface area contributed by atoms with E-state index in [1.807, 2.05) is 23.3 Å². The largest absolute Gasteiger partial charge is 0.496 e. The number of thioether (sulfide) groups is 1. The number of rotatable bonds is 5. The maximum atomic E-state index is 13.2. The number of benzene rings is 2. The van der Waals surface area contributed by atoms with Gasteiger partial charge in [0.05, 0.1) is 18.7 Å². The molecule has 0 aliphatic carbocycles. The van der Waals surface area contributed by atoms with E-state index in [0.29, 0.717) is 37.5 Å². The van der Waals surface area contributed by atoms with Crippen LogP contribution >= 0.6 is 11.8 Å². The van der Waals surface area contributed by atoms with E-state index in [2.05, 4.69) is 6.07 Å². The maximum absolute atomic E-state index is 13.2. The van der Waals surface area contributed by atoms with Gasteiger partial charge < -0.3 is 9.64 Å². The Kier molecular flexibility index (Phi) is 6.55. The molecular weight excluding hydrogens is 377 g/mol. The Hall–Kier alpha value is -2.56. The van der Waals surface area contributed by atoms with E-state index in [0.717, 1.165) is 10.5 Å². The lowest BCUT2D eigenvalue weighted by Gasteiger charge is -2.37. The first-order valence-electron chi connectivity index (χ1n) is 8.97. The topological polar surface area (TPSA) is 56.6 Å². The number of hydrogen-bond donors (Lipinski definition) is 0. The summed E-state index contributed by atoms with van der Waals surface area (Å²) >= 11 is 1.59. The van der Waals surface area contributed by atoms with Crippen LogP contribution in [0.3, 0.4) is 0 Å². The maximum Gasteiger partial charge on any atom is 0.257 e. The Labute approximate surface area is 168 Å². The van der Waals surface area contributed by atoms with Crippen molar-refractivity contribution in [1.29, 1.82) is 5.26 Å². The van der Waals surface area contributed by atoms with E-state index >= 15 is 0 Å². The first-order valence-corrected chi connectivity index (χ1v) is 10.2. The van der Waals surface area contributed by atoms with Gasteiger partial charge in [-0.2, -0.15) is 5.26 Å². The number of carbonyl (C=O) groups excluding carboxylic acids is 1. The van der Waals surface area contributed by atoms with Gasteiger partial charge in [0.25, 0.3) is 5.91 Å². The summed E-state index contributed by atoms with van der Waals surface area (Å²) in [6.07, 6.45) is 1.97. The second-order valence-electron chi connectivity index (χ2n) is 6.48. The fourth-order valence-electron chi connectivity index (χ4n) is 3.34. The highest BCUT2D eigenvalue weighted by Gasteiger charge is 2.28. The molecule has 7 heteroatoms. The summed E-state index contributed by atoms with van der Waals surface area (Å²) in [6, 6.07) is 13.4. The highest BCUT2D eigenvalue weighted by molar-refractivity contribution is 7.98. The third-order valence-corrected chi connectivity index (χ3v) is 5.64. The predicted octanol–water partition coefficient (Wildman–Crippen LogP) is 3.58. The third kappa shape index (κ3) is 4.29. The second kappa shape index (κ2) is 9.09. The van der Waals surface area contributed by atoms with Crippen molar-refractivity contribution in [3.8, 4) is 11.8 Å². The normalized spacial score (nSPS) is 15.7. The molecule has 0 radical (unpaired) electrons. The van der Waals surface area contributed by atoms with Gasteiger partial charge in [-0.1, -0.05) is 12.1 Å². The van der Waals surface area contributed by atoms with Crippen molar-refractivity contribution in [3.63, 3.8) is 0 Å². The van der Waals surface area contributed by atoms with Gasteiger partial charge in [-0.25, -0.2) is 4.39 Å². The molecule has 1 atom stereocenters. The molecule has 1 aliphatic heterocycles. The molecule has 1 amide bonds. The first-order chi connectivity index (χ1) is 13.6. The van der Waals surface area contributed by atoms with Gasteiger partial charge in [-0.05, 0) is 42.2 Å². The fourth-order valence-corrected chi connectivity index (χ4v) is 3.77. The zero-order valence-corrected chi connectivity index (χ0v) is 16.7. The Bertz CT molecular complexity index is 874. The highest BCUT2D eigenvalue weighted by Crippen LogP contribution is 2.27. The van der Waals surface area contributed by atoms with Crippen LogP contribution in [-0.2, 0) is 0 Å². The van der Waals surface area contributed by atoms with Crippen LogP contribution in [-0.4, -0.2) is 55.3 Å². The van der Waals surface area contributed by atoms with Crippen molar-refractivity contribution in [3.05, 3.63) is 59.4 Å². The lowest BCUT2D eigenvalue weighted by Crippen LogP contribution is -2.49. The minimum atomic E-state index is -0.451. The standard InChI is InChI=1S/C21H22FN3O2S/c1-27-20-13-17(28-2)7-8-18(20)21(26)25-11-9-24(10-12-25)19(14-23)15-3-5-16(22)6-4-15/h3-8,13,19H,9-12H2,1-2H3/t19-/m0/s1. The molecular formula is C21H22FN3O2S. The monoisotopic (exact) mass is 399 g/mol. The number of nitrogens with zero attached hydrogens (tertiary/aromatic N) is 3. The number of piperazine rings is 1. The van der Waals surface area contributed by atoms with Crippen LogP contribution in [0, 0.1) is 17.1 Å². The Morgan fingerprint density at radius 3 is 2.43 bits per heavy atom. The Morgan fingerprint density at radius 1 is 1.18 bits per heavy atom. The van der Waals surface area contributed by atoms with Gasteiger partial charge in [0.15, 0.2) is 0 Å². The molecule has 0 unspecified atom stereocenters. The lowest BCUT2D eigenvalue weighted by molar-refractivity contribution is 0.0603. The number of nitriles is 1. The molecule has 0 saturated carbocycles. The van der Waals surface area contributed by atoms with Crippen molar-refractivity contribution in [1.82, 2.24) is 9.80 Å². The van der Waals surface area contributed by atoms with E-state index in [-0.39, 0.29) is 11.7 Å². The van der Waals surface area contributed by atoms with E-state index in [1.165, 1.54) is 12.1 Å². The molecule has 0 N–H and O–H groups in total. The van der Waals surface area contributed by atoms with Gasteiger partial charge in [0.1, 0.15) is 17.6 Å². The predicted molar refractivity (Wildman–Crippen MR) is 107 cm³/mol. The molecule has 1 heterocycles. The smallest absolute Gasteiger partial charge is 0.257 e. The number of methoxy groups -OCH3 is 1. The molecule has 3 rings (SSSR count). The number of ether oxygens (including phenoxy) is 1. The molecule has 1 saturated heterocycles. The first kappa shape index (κ1) is 20.2. The van der Waals surface area contributed by atoms with Gasteiger partial charge in [-0.3, -0.25) is 9.69 Å². The zero-order chi connectivity index (χ0) is 20.1. The average Bonchev–Trinajstić information content (AvgIpc) is 2.75. The summed E-state index contributed by atoms with van der Waals surface area (Å²) in [5.41, 5.74) is 1.31. The minimum Gasteiger partial charge on any atom is -0.496 e. The summed E-state index contributed by atoms with van der Waals surface area (Å²) in [5.74, 6) is 0.178. The number of halogens is 1. The van der Waals surface area contributed by atoms with Crippen LogP contribution in [0.5, 0.6) is 5.75 Å². The molecule has 0 aromatic heterocycles. The van der Waals surface area contributed by atoms with Crippen molar-refractivity contribution in [2.45, 2.75) is 10.9 Å². The quantitative estimate of drug-likeness (QED) is 0.720. The van der Waals surface area contributed by atoms with Crippen molar-refractivity contribution in [2.24, 2.45) is 0 Å². The summed E-state index contributed by atoms with van der Waals surface area (Å²) in [6.45, 7) is 2.19. The van der Waals surface area contributed by atoms with Gasteiger partial charge in [-0.15, -0.1) is 11.8 Å². The summed E-state index contributed by atoms with van der Waals surface area (Å²) in [5, 5.41) is 9.59. The van der Waals surface area contributed by atoms with Crippen LogP contribution in [0.2, 0.25) is 0 Å². The fraction of sp³-hybridized carbons (Fsp3) is 0.333. The zero-order valence-electron chi connectivity index (χ0n) is 15.9. The van der Waals surface area contributed by atoms with Crippen molar-refractivity contribution in [2.75, 3.05) is 39.5 Å². The van der Waals surface area contributed by atoms with Crippen molar-refractivity contribution >= 4 is 17.7 Å². The van der Waals surface area contributed by atoms with Crippen molar-refractivity contribution < 1.29 is 13.9 Å². The van der Waals surface area contributed by atoms with Gasteiger partial charge in [0.2, 0.25) is 0 Å². The van der Waals surface area contributed by atoms with E-state index in [1.54, 1.807) is 42.0 Å². The second-order valence-corrected chi connectivity index (χ2v) is 7.36. The Balaban J connectivity index is 1.68. The molecule has 1 aliphatic rings. The molecule has 5 nitrogen and oxygen atoms in total. The molecule has 0 spiro atoms. The molecule has 146 valence electrons. The van der Waals surface area contributed by atoms with Gasteiger partial charge >= 0.3 is 0 Å². The van der Waals surface area contributed by atoms with Crippen LogP contribution in [0.1, 0.15) is 22.0 Å². The Morgan fingerprint density at radius 2 is 1.86 bits per heavy atom. The number of amides is 1. The lowest BCUT2D eigenvalue weighted by atomic mass is 10.1. The van der Waals surface area contributed by atoms with E-state index in [9.17, 15) is 14.4 Å². The van der Waals surface area contributed by atoms with E-state index < -0.39 is 6.04 Å². The average molecular weight is 399 g/mol. The van der Waals surface area contributed by atoms with Crippen LogP contribution < -0.4 is 4.74 Å². The summed E-state index contributed by atoms with van der Waals surface area (Å²) in [4.78, 5) is 17.8. The summed E-state index contributed by atoms with van der Waals surface area (Å²) < 4.78 is 18.6. The SMILES string of the molecule is COc1cc(SC)ccc1C(=O)N1CCN([C@@H](C#N)c2ccc(F)cc2)CC1. The van der Waals surface area contributed by atoms with Gasteiger partial charge in [0, 0.05) is 31.1 Å². The molecule has 2 aromatic rings. The van der Waals surface area contributed by atoms with Crippen LogP contribution in [0.25, 0.3) is 0 Å². The molecule has 0 bridgehead atoms. The van der Waals surface area contributed by atoms with E-state index in [4.69, 9.17) is 4.74 Å². The minimum absolute atomic E-state index is 0.0700. The molecule has 2 aromatic carbocycles. The third-order valence-electron chi connectivity index (χ3n) is 4.91. The van der Waals surface area contributed by atoms with Crippen LogP contribution in [0.15, 0.2) is 47.4 Å². The van der Waals surface area contributed by atoms with Crippen LogP contribution in [0.4, 0.5) is 4.39 Å². The molecule has 1 fully saturated rings. The number of carbonyl (C=O) groups is 1. The summed E-state index contributed by atoms with van der Waals surface area (Å²) in [7, 11) is 1.56. The molecule has 28 heavy (non-hydrogen) atoms. The highest BCUT2D eigenvalue weighted by atomic mass is 32.2.